The molecule has 1 amide bonds. The lowest BCUT2D eigenvalue weighted by Crippen LogP contribution is -2.30. The predicted molar refractivity (Wildman–Crippen MR) is 92.7 cm³/mol. The quantitative estimate of drug-likeness (QED) is 0.705. The van der Waals surface area contributed by atoms with Crippen molar-refractivity contribution in [1.29, 1.82) is 0 Å². The van der Waals surface area contributed by atoms with E-state index >= 15 is 0 Å². The molecule has 0 spiro atoms. The van der Waals surface area contributed by atoms with Gasteiger partial charge in [0.05, 0.1) is 11.8 Å². The van der Waals surface area contributed by atoms with Gasteiger partial charge in [-0.1, -0.05) is 0 Å². The molecule has 0 saturated carbocycles. The zero-order chi connectivity index (χ0) is 18.4. The van der Waals surface area contributed by atoms with E-state index in [1.165, 1.54) is 0 Å². The van der Waals surface area contributed by atoms with Crippen LogP contribution < -0.4 is 0 Å². The summed E-state index contributed by atoms with van der Waals surface area (Å²) < 4.78 is 1.57. The van der Waals surface area contributed by atoms with Gasteiger partial charge in [0.1, 0.15) is 0 Å². The van der Waals surface area contributed by atoms with E-state index < -0.39 is 6.10 Å². The van der Waals surface area contributed by atoms with E-state index in [4.69, 9.17) is 0 Å². The third-order valence-corrected chi connectivity index (χ3v) is 4.73. The number of aliphatic hydroxyl groups excluding tert-OH is 1. The van der Waals surface area contributed by atoms with Crippen LogP contribution in [-0.4, -0.2) is 64.9 Å². The average molecular weight is 355 g/mol. The number of β-amino-alcohol motifs (C(OH)–C–C–N with tert-alkyl or cyclic N) is 1. The number of aromatic nitrogens is 6. The number of nitrogens with zero attached hydrogens (tertiary/aromatic N) is 6. The molecular weight excluding hydrogens is 334 g/mol. The smallest absolute Gasteiger partial charge is 0.293 e. The zero-order valence-electron chi connectivity index (χ0n) is 15.0. The molecule has 0 radical (unpaired) electrons. The van der Waals surface area contributed by atoms with E-state index in [1.807, 2.05) is 32.9 Å². The van der Waals surface area contributed by atoms with Gasteiger partial charge in [0.2, 0.25) is 5.82 Å². The molecule has 9 heteroatoms. The van der Waals surface area contributed by atoms with Crippen molar-refractivity contribution in [2.24, 2.45) is 5.92 Å². The first-order valence-corrected chi connectivity index (χ1v) is 8.60. The molecule has 1 fully saturated rings. The highest BCUT2D eigenvalue weighted by atomic mass is 16.3. The van der Waals surface area contributed by atoms with Crippen LogP contribution in [0, 0.1) is 26.7 Å². The number of carbonyl (C=O) groups is 1. The van der Waals surface area contributed by atoms with E-state index in [1.54, 1.807) is 9.42 Å². The Morgan fingerprint density at radius 1 is 1.27 bits per heavy atom. The molecule has 136 valence electrons. The van der Waals surface area contributed by atoms with Gasteiger partial charge >= 0.3 is 0 Å². The fourth-order valence-electron chi connectivity index (χ4n) is 3.47. The normalized spacial score (nSPS) is 20.2. The number of H-pyrrole nitrogens is 1. The van der Waals surface area contributed by atoms with Gasteiger partial charge < -0.3 is 10.0 Å². The number of hydrogen-bond donors (Lipinski definition) is 2. The van der Waals surface area contributed by atoms with Gasteiger partial charge in [0.25, 0.3) is 11.7 Å². The largest absolute Gasteiger partial charge is 0.391 e. The molecule has 0 unspecified atom stereocenters. The summed E-state index contributed by atoms with van der Waals surface area (Å²) in [5.74, 6) is 0.178. The summed E-state index contributed by atoms with van der Waals surface area (Å²) in [5.41, 5.74) is 3.56. The van der Waals surface area contributed by atoms with Crippen LogP contribution in [0.15, 0.2) is 12.1 Å². The lowest BCUT2D eigenvalue weighted by Gasteiger charge is -2.13. The van der Waals surface area contributed by atoms with Crippen LogP contribution in [0.1, 0.15) is 33.4 Å². The van der Waals surface area contributed by atoms with Crippen LogP contribution >= 0.6 is 0 Å². The van der Waals surface area contributed by atoms with Crippen LogP contribution in [0.25, 0.3) is 5.78 Å². The second-order valence-corrected chi connectivity index (χ2v) is 6.97. The Hall–Kier alpha value is -2.81. The van der Waals surface area contributed by atoms with Crippen molar-refractivity contribution in [2.45, 2.75) is 33.3 Å². The number of likely N-dealkylation sites (tertiary alicyclic amines) is 1. The van der Waals surface area contributed by atoms with Crippen molar-refractivity contribution < 1.29 is 9.90 Å². The molecular formula is C17H21N7O2. The lowest BCUT2D eigenvalue weighted by atomic mass is 10.0. The standard InChI is InChI=1S/C17H21N7O2/c1-9-4-11(3)24-17(18-9)19-15(22-24)16(26)23-7-12(14(25)8-23)6-13-5-10(2)20-21-13/h4-5,12,14,25H,6-8H2,1-3H3,(H,20,21)/t12-,14+/m1/s1. The molecule has 4 heterocycles. The van der Waals surface area contributed by atoms with Gasteiger partial charge in [0.15, 0.2) is 0 Å². The molecule has 3 aromatic heterocycles. The van der Waals surface area contributed by atoms with Crippen molar-refractivity contribution in [3.05, 3.63) is 40.7 Å². The van der Waals surface area contributed by atoms with Crippen LogP contribution in [0.4, 0.5) is 0 Å². The fourth-order valence-corrected chi connectivity index (χ4v) is 3.47. The minimum absolute atomic E-state index is 0.0548. The Morgan fingerprint density at radius 3 is 2.81 bits per heavy atom. The minimum atomic E-state index is -0.588. The first kappa shape index (κ1) is 16.6. The summed E-state index contributed by atoms with van der Waals surface area (Å²) in [4.78, 5) is 23.0. The number of aliphatic hydroxyl groups is 1. The predicted octanol–water partition coefficient (Wildman–Crippen LogP) is 0.448. The summed E-state index contributed by atoms with van der Waals surface area (Å²) in [6.45, 7) is 6.43. The number of aromatic amines is 1. The molecule has 9 nitrogen and oxygen atoms in total. The van der Waals surface area contributed by atoms with Crippen molar-refractivity contribution in [3.8, 4) is 0 Å². The monoisotopic (exact) mass is 355 g/mol. The van der Waals surface area contributed by atoms with Gasteiger partial charge in [-0.3, -0.25) is 9.89 Å². The van der Waals surface area contributed by atoms with E-state index in [2.05, 4.69) is 25.3 Å². The van der Waals surface area contributed by atoms with Crippen LogP contribution in [0.3, 0.4) is 0 Å². The van der Waals surface area contributed by atoms with Gasteiger partial charge in [-0.05, 0) is 39.3 Å². The van der Waals surface area contributed by atoms with Crippen LogP contribution in [-0.2, 0) is 6.42 Å². The maximum absolute atomic E-state index is 12.8. The van der Waals surface area contributed by atoms with Crippen molar-refractivity contribution >= 4 is 11.7 Å². The highest BCUT2D eigenvalue weighted by Gasteiger charge is 2.36. The third kappa shape index (κ3) is 2.94. The molecule has 26 heavy (non-hydrogen) atoms. The number of aryl methyl sites for hydroxylation is 3. The Balaban J connectivity index is 1.52. The van der Waals surface area contributed by atoms with Crippen LogP contribution in [0.2, 0.25) is 0 Å². The molecule has 0 aliphatic carbocycles. The minimum Gasteiger partial charge on any atom is -0.391 e. The molecule has 4 rings (SSSR count). The Bertz CT molecular complexity index is 977. The van der Waals surface area contributed by atoms with E-state index in [-0.39, 0.29) is 24.2 Å². The fraction of sp³-hybridized carbons (Fsp3) is 0.471. The first-order valence-electron chi connectivity index (χ1n) is 8.60. The number of fused-ring (bicyclic) bond motifs is 1. The topological polar surface area (TPSA) is 112 Å². The van der Waals surface area contributed by atoms with Gasteiger partial charge in [-0.25, -0.2) is 9.50 Å². The second-order valence-electron chi connectivity index (χ2n) is 6.97. The second kappa shape index (κ2) is 6.17. The zero-order valence-corrected chi connectivity index (χ0v) is 15.0. The number of rotatable bonds is 3. The molecule has 0 aromatic carbocycles. The number of carbonyl (C=O) groups excluding carboxylic acids is 1. The average Bonchev–Trinajstić information content (AvgIpc) is 3.27. The maximum atomic E-state index is 12.8. The Kier molecular flexibility index (Phi) is 3.95. The van der Waals surface area contributed by atoms with E-state index in [9.17, 15) is 9.90 Å². The van der Waals surface area contributed by atoms with Crippen molar-refractivity contribution in [3.63, 3.8) is 0 Å². The Labute approximate surface area is 150 Å². The first-order chi connectivity index (χ1) is 12.4. The number of hydrogen-bond acceptors (Lipinski definition) is 6. The molecule has 1 saturated heterocycles. The van der Waals surface area contributed by atoms with Crippen LogP contribution in [0.5, 0.6) is 0 Å². The highest BCUT2D eigenvalue weighted by Crippen LogP contribution is 2.22. The number of nitrogens with one attached hydrogen (secondary N) is 1. The van der Waals surface area contributed by atoms with Gasteiger partial charge in [-0.15, -0.1) is 5.10 Å². The summed E-state index contributed by atoms with van der Waals surface area (Å²) in [6.07, 6.45) is 0.0309. The molecule has 1 aliphatic heterocycles. The van der Waals surface area contributed by atoms with Gasteiger partial charge in [0, 0.05) is 36.1 Å². The van der Waals surface area contributed by atoms with E-state index in [0.717, 1.165) is 22.8 Å². The molecule has 0 bridgehead atoms. The van der Waals surface area contributed by atoms with Gasteiger partial charge in [-0.2, -0.15) is 10.1 Å². The van der Waals surface area contributed by atoms with E-state index in [0.29, 0.717) is 18.7 Å². The third-order valence-electron chi connectivity index (χ3n) is 4.73. The summed E-state index contributed by atoms with van der Waals surface area (Å²) in [7, 11) is 0. The highest BCUT2D eigenvalue weighted by molar-refractivity contribution is 5.91. The summed E-state index contributed by atoms with van der Waals surface area (Å²) >= 11 is 0. The molecule has 2 N–H and O–H groups in total. The number of amides is 1. The summed E-state index contributed by atoms with van der Waals surface area (Å²) in [5, 5.41) is 21.8. The Morgan fingerprint density at radius 2 is 2.08 bits per heavy atom. The van der Waals surface area contributed by atoms with Crippen molar-refractivity contribution in [1.82, 2.24) is 34.7 Å². The molecule has 2 atom stereocenters. The summed E-state index contributed by atoms with van der Waals surface area (Å²) in [6, 6.07) is 3.84. The van der Waals surface area contributed by atoms with Crippen molar-refractivity contribution in [2.75, 3.05) is 13.1 Å². The molecule has 1 aliphatic rings. The SMILES string of the molecule is Cc1cc(C)n2nc(C(=O)N3C[C@@H](Cc4cc(C)[nH]n4)[C@@H](O)C3)nc2n1. The lowest BCUT2D eigenvalue weighted by molar-refractivity contribution is 0.0753. The maximum Gasteiger partial charge on any atom is 0.293 e. The molecule has 3 aromatic rings.